The molecule has 1 aromatic carbocycles. The highest BCUT2D eigenvalue weighted by molar-refractivity contribution is 7.18. The molecule has 0 spiro atoms. The van der Waals surface area contributed by atoms with E-state index in [1.165, 1.54) is 19.2 Å². The molecule has 2 rings (SSSR count). The van der Waals surface area contributed by atoms with Crippen molar-refractivity contribution in [2.75, 3.05) is 25.6 Å². The van der Waals surface area contributed by atoms with E-state index in [2.05, 4.69) is 10.6 Å². The van der Waals surface area contributed by atoms with E-state index in [0.717, 1.165) is 11.3 Å². The summed E-state index contributed by atoms with van der Waals surface area (Å²) >= 11 is 18.8. The molecule has 1 heterocycles. The summed E-state index contributed by atoms with van der Waals surface area (Å²) < 4.78 is 10.4. The maximum Gasteiger partial charge on any atom is 0.341 e. The van der Waals surface area contributed by atoms with E-state index in [1.807, 2.05) is 0 Å². The van der Waals surface area contributed by atoms with Crippen molar-refractivity contribution >= 4 is 68.9 Å². The van der Waals surface area contributed by atoms with Crippen LogP contribution in [0.2, 0.25) is 15.1 Å². The second-order valence-corrected chi connectivity index (χ2v) is 7.84. The number of rotatable bonds is 7. The predicted octanol–water partition coefficient (Wildman–Crippen LogP) is 4.57. The van der Waals surface area contributed by atoms with Crippen LogP contribution >= 0.6 is 46.1 Å². The summed E-state index contributed by atoms with van der Waals surface area (Å²) in [7, 11) is 1.47. The molecule has 2 N–H and O–H groups in total. The summed E-state index contributed by atoms with van der Waals surface area (Å²) in [6.07, 6.45) is 0. The Bertz CT molecular complexity index is 961. The molecular formula is C18H17Cl3N2O5S. The average Bonchev–Trinajstić information content (AvgIpc) is 2.99. The van der Waals surface area contributed by atoms with Crippen LogP contribution in [0.4, 0.5) is 5.00 Å². The Morgan fingerprint density at radius 3 is 2.38 bits per heavy atom. The molecule has 0 radical (unpaired) electrons. The van der Waals surface area contributed by atoms with Crippen molar-refractivity contribution in [3.05, 3.63) is 43.2 Å². The van der Waals surface area contributed by atoms with Gasteiger partial charge in [0.25, 0.3) is 11.8 Å². The number of halogens is 3. The normalized spacial score (nSPS) is 10.4. The summed E-state index contributed by atoms with van der Waals surface area (Å²) in [6.45, 7) is 3.00. The van der Waals surface area contributed by atoms with E-state index < -0.39 is 18.5 Å². The fourth-order valence-corrected chi connectivity index (χ4v) is 4.05. The summed E-state index contributed by atoms with van der Waals surface area (Å²) in [4.78, 5) is 37.0. The van der Waals surface area contributed by atoms with Crippen molar-refractivity contribution in [2.24, 2.45) is 0 Å². The molecule has 0 fully saturated rings. The zero-order valence-electron chi connectivity index (χ0n) is 15.7. The van der Waals surface area contributed by atoms with Crippen molar-refractivity contribution in [3.8, 4) is 5.75 Å². The first-order chi connectivity index (χ1) is 13.7. The first kappa shape index (κ1) is 23.3. The summed E-state index contributed by atoms with van der Waals surface area (Å²) in [6, 6.07) is 2.79. The van der Waals surface area contributed by atoms with Crippen LogP contribution in [0.25, 0.3) is 0 Å². The first-order valence-electron chi connectivity index (χ1n) is 8.29. The molecule has 0 aliphatic carbocycles. The number of carbonyl (C=O) groups excluding carboxylic acids is 3. The predicted molar refractivity (Wildman–Crippen MR) is 114 cm³/mol. The summed E-state index contributed by atoms with van der Waals surface area (Å²) in [5, 5.41) is 5.92. The second kappa shape index (κ2) is 10.2. The highest BCUT2D eigenvalue weighted by atomic mass is 35.5. The minimum atomic E-state index is -0.639. The Kier molecular flexibility index (Phi) is 8.15. The smallest absolute Gasteiger partial charge is 0.341 e. The number of carbonyl (C=O) groups is 3. The van der Waals surface area contributed by atoms with E-state index >= 15 is 0 Å². The fourth-order valence-electron chi connectivity index (χ4n) is 2.30. The Hall–Kier alpha value is -2.00. The number of thiophene rings is 1. The molecule has 0 atom stereocenters. The zero-order chi connectivity index (χ0) is 21.7. The van der Waals surface area contributed by atoms with Crippen LogP contribution in [0, 0.1) is 6.92 Å². The lowest BCUT2D eigenvalue weighted by atomic mass is 10.1. The van der Waals surface area contributed by atoms with E-state index in [1.54, 1.807) is 13.8 Å². The van der Waals surface area contributed by atoms with E-state index in [-0.39, 0.29) is 43.9 Å². The number of ether oxygens (including phenoxy) is 2. The molecule has 2 aromatic rings. The number of amides is 2. The molecule has 156 valence electrons. The first-order valence-corrected chi connectivity index (χ1v) is 10.2. The highest BCUT2D eigenvalue weighted by Gasteiger charge is 2.26. The van der Waals surface area contributed by atoms with Gasteiger partial charge in [-0.2, -0.15) is 0 Å². The summed E-state index contributed by atoms with van der Waals surface area (Å²) in [5.41, 5.74) is 0.535. The van der Waals surface area contributed by atoms with Gasteiger partial charge in [-0.1, -0.05) is 34.8 Å². The topological polar surface area (TPSA) is 93.7 Å². The number of benzene rings is 1. The number of nitrogens with one attached hydrogen (secondary N) is 2. The number of esters is 1. The Morgan fingerprint density at radius 2 is 1.76 bits per heavy atom. The van der Waals surface area contributed by atoms with Gasteiger partial charge < -0.3 is 20.1 Å². The van der Waals surface area contributed by atoms with Crippen LogP contribution in [-0.2, 0) is 9.53 Å². The maximum absolute atomic E-state index is 12.4. The van der Waals surface area contributed by atoms with Crippen molar-refractivity contribution in [1.82, 2.24) is 5.32 Å². The van der Waals surface area contributed by atoms with Gasteiger partial charge in [-0.15, -0.1) is 11.3 Å². The Balaban J connectivity index is 2.21. The third-order valence-corrected chi connectivity index (χ3v) is 5.87. The highest BCUT2D eigenvalue weighted by Crippen LogP contribution is 2.35. The lowest BCUT2D eigenvalue weighted by Crippen LogP contribution is -2.21. The van der Waals surface area contributed by atoms with Gasteiger partial charge in [0.15, 0.2) is 6.61 Å². The molecule has 0 saturated heterocycles. The molecular weight excluding hydrogens is 463 g/mol. The Morgan fingerprint density at radius 1 is 1.10 bits per heavy atom. The maximum atomic E-state index is 12.4. The molecule has 0 aliphatic heterocycles. The molecule has 0 bridgehead atoms. The van der Waals surface area contributed by atoms with Crippen molar-refractivity contribution in [2.45, 2.75) is 13.8 Å². The van der Waals surface area contributed by atoms with Crippen molar-refractivity contribution in [3.63, 3.8) is 0 Å². The molecule has 11 heteroatoms. The van der Waals surface area contributed by atoms with Crippen LogP contribution in [0.1, 0.15) is 32.5 Å². The van der Waals surface area contributed by atoms with Gasteiger partial charge in [0.2, 0.25) is 0 Å². The van der Waals surface area contributed by atoms with Gasteiger partial charge in [0, 0.05) is 13.1 Å². The second-order valence-electron chi connectivity index (χ2n) is 5.59. The molecule has 0 unspecified atom stereocenters. The average molecular weight is 480 g/mol. The monoisotopic (exact) mass is 478 g/mol. The third-order valence-electron chi connectivity index (χ3n) is 3.65. The van der Waals surface area contributed by atoms with Gasteiger partial charge in [-0.3, -0.25) is 9.59 Å². The standard InChI is InChI=1S/C18H17Cl3N2O5S/c1-4-27-18(26)14-8(2)15(16(25)22-3)29-17(14)23-13(24)7-28-12-6-10(20)9(19)5-11(12)21/h5-6H,4,7H2,1-3H3,(H,22,25)(H,23,24). The van der Waals surface area contributed by atoms with Gasteiger partial charge in [0.1, 0.15) is 10.8 Å². The number of hydrogen-bond acceptors (Lipinski definition) is 6. The molecule has 2 amide bonds. The Labute approximate surface area is 186 Å². The van der Waals surface area contributed by atoms with E-state index in [0.29, 0.717) is 10.4 Å². The van der Waals surface area contributed by atoms with Crippen LogP contribution in [0.15, 0.2) is 12.1 Å². The minimum Gasteiger partial charge on any atom is -0.482 e. The largest absolute Gasteiger partial charge is 0.482 e. The van der Waals surface area contributed by atoms with Gasteiger partial charge >= 0.3 is 5.97 Å². The molecule has 29 heavy (non-hydrogen) atoms. The molecule has 1 aromatic heterocycles. The number of hydrogen-bond donors (Lipinski definition) is 2. The SMILES string of the molecule is CCOC(=O)c1c(NC(=O)COc2cc(Cl)c(Cl)cc2Cl)sc(C(=O)NC)c1C. The summed E-state index contributed by atoms with van der Waals surface area (Å²) in [5.74, 6) is -1.41. The van der Waals surface area contributed by atoms with Crippen LogP contribution in [0.3, 0.4) is 0 Å². The minimum absolute atomic E-state index is 0.122. The van der Waals surface area contributed by atoms with Crippen LogP contribution in [-0.4, -0.2) is 38.0 Å². The molecule has 0 aliphatic rings. The molecule has 7 nitrogen and oxygen atoms in total. The van der Waals surface area contributed by atoms with Gasteiger partial charge in [-0.25, -0.2) is 4.79 Å². The van der Waals surface area contributed by atoms with Crippen molar-refractivity contribution in [1.29, 1.82) is 0 Å². The van der Waals surface area contributed by atoms with Gasteiger partial charge in [0.05, 0.1) is 32.1 Å². The quantitative estimate of drug-likeness (QED) is 0.448. The third kappa shape index (κ3) is 5.54. The molecule has 0 saturated carbocycles. The van der Waals surface area contributed by atoms with E-state index in [4.69, 9.17) is 44.3 Å². The van der Waals surface area contributed by atoms with Crippen LogP contribution in [0.5, 0.6) is 5.75 Å². The van der Waals surface area contributed by atoms with Crippen LogP contribution < -0.4 is 15.4 Å². The zero-order valence-corrected chi connectivity index (χ0v) is 18.7. The lowest BCUT2D eigenvalue weighted by Gasteiger charge is -2.10. The number of anilines is 1. The lowest BCUT2D eigenvalue weighted by molar-refractivity contribution is -0.118. The van der Waals surface area contributed by atoms with Gasteiger partial charge in [-0.05, 0) is 25.5 Å². The fraction of sp³-hybridized carbons (Fsp3) is 0.278. The van der Waals surface area contributed by atoms with E-state index in [9.17, 15) is 14.4 Å². The van der Waals surface area contributed by atoms with Crippen molar-refractivity contribution < 1.29 is 23.9 Å².